The number of benzene rings is 3. The summed E-state index contributed by atoms with van der Waals surface area (Å²) >= 11 is 0. The molecule has 0 amide bonds. The van der Waals surface area contributed by atoms with Crippen molar-refractivity contribution in [2.24, 2.45) is 10.9 Å². The van der Waals surface area contributed by atoms with Gasteiger partial charge in [0.2, 0.25) is 0 Å². The van der Waals surface area contributed by atoms with Gasteiger partial charge in [-0.3, -0.25) is 4.99 Å². The first-order chi connectivity index (χ1) is 16.1. The van der Waals surface area contributed by atoms with E-state index in [1.54, 1.807) is 12.5 Å². The molecule has 1 aliphatic carbocycles. The summed E-state index contributed by atoms with van der Waals surface area (Å²) in [5.74, 6) is 1.50. The van der Waals surface area contributed by atoms with Crippen molar-refractivity contribution < 1.29 is 4.42 Å². The standard InChI is InChI=1S/C30H26N2O/c1-18(2)30-29-13-22(6-5-20(29)7-9-32-30)27-15-28(27)24-12-21-4-3-19(16-31)11-25(21)26(14-24)23-8-10-33-17-23/h3-6,8,10-14,17-18,27-28H,7,9,15H2,1-2H3. The monoisotopic (exact) mass is 430 g/mol. The number of furan rings is 1. The van der Waals surface area contributed by atoms with E-state index < -0.39 is 0 Å². The average Bonchev–Trinajstić information content (AvgIpc) is 3.46. The van der Waals surface area contributed by atoms with Crippen LogP contribution in [0.15, 0.2) is 76.5 Å². The van der Waals surface area contributed by atoms with Crippen LogP contribution < -0.4 is 0 Å². The second kappa shape index (κ2) is 7.74. The quantitative estimate of drug-likeness (QED) is 0.342. The zero-order chi connectivity index (χ0) is 22.5. The maximum absolute atomic E-state index is 9.39. The van der Waals surface area contributed by atoms with Crippen LogP contribution in [-0.4, -0.2) is 12.3 Å². The molecule has 0 N–H and O–H groups in total. The van der Waals surface area contributed by atoms with E-state index >= 15 is 0 Å². The highest BCUT2D eigenvalue weighted by atomic mass is 16.3. The van der Waals surface area contributed by atoms with Crippen molar-refractivity contribution in [1.82, 2.24) is 0 Å². The second-order valence-electron chi connectivity index (χ2n) is 9.67. The van der Waals surface area contributed by atoms with Crippen molar-refractivity contribution in [2.45, 2.75) is 38.5 Å². The number of aliphatic imine (C=N–C) groups is 1. The fourth-order valence-electron chi connectivity index (χ4n) is 5.41. The van der Waals surface area contributed by atoms with Gasteiger partial charge in [0.15, 0.2) is 0 Å². The van der Waals surface area contributed by atoms with Crippen LogP contribution in [0.2, 0.25) is 0 Å². The molecule has 0 spiro atoms. The van der Waals surface area contributed by atoms with E-state index in [1.807, 2.05) is 18.2 Å². The van der Waals surface area contributed by atoms with Gasteiger partial charge in [0.1, 0.15) is 0 Å². The highest BCUT2D eigenvalue weighted by Gasteiger charge is 2.40. The summed E-state index contributed by atoms with van der Waals surface area (Å²) in [5.41, 5.74) is 9.73. The van der Waals surface area contributed by atoms with Crippen LogP contribution in [0.1, 0.15) is 59.9 Å². The largest absolute Gasteiger partial charge is 0.472 e. The van der Waals surface area contributed by atoms with E-state index in [1.165, 1.54) is 39.8 Å². The van der Waals surface area contributed by atoms with Gasteiger partial charge in [0.05, 0.1) is 24.2 Å². The fourth-order valence-corrected chi connectivity index (χ4v) is 5.41. The predicted molar refractivity (Wildman–Crippen MR) is 133 cm³/mol. The molecule has 1 saturated carbocycles. The number of nitrogens with zero attached hydrogens (tertiary/aromatic N) is 2. The molecule has 0 saturated heterocycles. The van der Waals surface area contributed by atoms with E-state index in [0.29, 0.717) is 23.3 Å². The molecular formula is C30H26N2O. The third-order valence-corrected chi connectivity index (χ3v) is 7.20. The summed E-state index contributed by atoms with van der Waals surface area (Å²) in [6.45, 7) is 5.39. The maximum Gasteiger partial charge on any atom is 0.0991 e. The van der Waals surface area contributed by atoms with Crippen LogP contribution in [-0.2, 0) is 6.42 Å². The summed E-state index contributed by atoms with van der Waals surface area (Å²) in [4.78, 5) is 4.84. The van der Waals surface area contributed by atoms with E-state index in [0.717, 1.165) is 29.5 Å². The third-order valence-electron chi connectivity index (χ3n) is 7.20. The Bertz CT molecular complexity index is 1440. The summed E-state index contributed by atoms with van der Waals surface area (Å²) in [6, 6.07) is 21.9. The van der Waals surface area contributed by atoms with Gasteiger partial charge in [-0.1, -0.05) is 44.2 Å². The first-order valence-corrected chi connectivity index (χ1v) is 11.8. The van der Waals surface area contributed by atoms with Gasteiger partial charge in [0.25, 0.3) is 0 Å². The van der Waals surface area contributed by atoms with Crippen LogP contribution in [0.3, 0.4) is 0 Å². The molecule has 1 aliphatic heterocycles. The smallest absolute Gasteiger partial charge is 0.0991 e. The Kier molecular flexibility index (Phi) is 4.69. The SMILES string of the molecule is CC(C)C1=NCCc2ccc(C3CC3c3cc(-c4ccoc4)c4cc(C#N)ccc4c3)cc21. The molecule has 0 radical (unpaired) electrons. The average molecular weight is 431 g/mol. The van der Waals surface area contributed by atoms with Gasteiger partial charge >= 0.3 is 0 Å². The molecule has 162 valence electrons. The van der Waals surface area contributed by atoms with Gasteiger partial charge in [-0.15, -0.1) is 0 Å². The fraction of sp³-hybridized carbons (Fsp3) is 0.267. The lowest BCUT2D eigenvalue weighted by molar-refractivity contribution is 0.568. The van der Waals surface area contributed by atoms with Gasteiger partial charge in [0, 0.05) is 17.8 Å². The van der Waals surface area contributed by atoms with Crippen LogP contribution in [0.25, 0.3) is 21.9 Å². The topological polar surface area (TPSA) is 49.3 Å². The van der Waals surface area contributed by atoms with Gasteiger partial charge < -0.3 is 4.42 Å². The van der Waals surface area contributed by atoms with Crippen molar-refractivity contribution in [3.8, 4) is 17.2 Å². The molecule has 3 nitrogen and oxygen atoms in total. The van der Waals surface area contributed by atoms with E-state index in [-0.39, 0.29) is 0 Å². The minimum Gasteiger partial charge on any atom is -0.472 e. The highest BCUT2D eigenvalue weighted by Crippen LogP contribution is 2.56. The Balaban J connectivity index is 1.39. The zero-order valence-electron chi connectivity index (χ0n) is 19.0. The predicted octanol–water partition coefficient (Wildman–Crippen LogP) is 7.24. The Morgan fingerprint density at radius 3 is 2.61 bits per heavy atom. The van der Waals surface area contributed by atoms with Crippen molar-refractivity contribution in [1.29, 1.82) is 5.26 Å². The number of hydrogen-bond donors (Lipinski definition) is 0. The summed E-state index contributed by atoms with van der Waals surface area (Å²) in [7, 11) is 0. The van der Waals surface area contributed by atoms with Crippen molar-refractivity contribution >= 4 is 16.5 Å². The molecular weight excluding hydrogens is 404 g/mol. The molecule has 3 heteroatoms. The summed E-state index contributed by atoms with van der Waals surface area (Å²) < 4.78 is 5.39. The second-order valence-corrected chi connectivity index (χ2v) is 9.67. The van der Waals surface area contributed by atoms with Gasteiger partial charge in [-0.05, 0) is 93.5 Å². The highest BCUT2D eigenvalue weighted by molar-refractivity contribution is 6.04. The molecule has 0 bridgehead atoms. The number of hydrogen-bond acceptors (Lipinski definition) is 3. The maximum atomic E-state index is 9.39. The minimum atomic E-state index is 0.450. The Morgan fingerprint density at radius 1 is 0.970 bits per heavy atom. The normalized spacial score (nSPS) is 19.3. The third kappa shape index (κ3) is 3.47. The number of nitriles is 1. The van der Waals surface area contributed by atoms with E-state index in [2.05, 4.69) is 56.3 Å². The van der Waals surface area contributed by atoms with Gasteiger partial charge in [-0.2, -0.15) is 5.26 Å². The molecule has 3 aromatic carbocycles. The van der Waals surface area contributed by atoms with E-state index in [9.17, 15) is 5.26 Å². The number of rotatable bonds is 4. The lowest BCUT2D eigenvalue weighted by Gasteiger charge is -2.20. The molecule has 2 heterocycles. The molecule has 1 aromatic heterocycles. The Hall–Kier alpha value is -3.64. The van der Waals surface area contributed by atoms with Gasteiger partial charge in [-0.25, -0.2) is 0 Å². The molecule has 2 unspecified atom stereocenters. The molecule has 33 heavy (non-hydrogen) atoms. The lowest BCUT2D eigenvalue weighted by atomic mass is 9.88. The van der Waals surface area contributed by atoms with Crippen LogP contribution >= 0.6 is 0 Å². The van der Waals surface area contributed by atoms with E-state index in [4.69, 9.17) is 9.41 Å². The first-order valence-electron chi connectivity index (χ1n) is 11.8. The minimum absolute atomic E-state index is 0.450. The molecule has 4 aromatic rings. The molecule has 1 fully saturated rings. The lowest BCUT2D eigenvalue weighted by Crippen LogP contribution is -2.18. The van der Waals surface area contributed by atoms with Crippen LogP contribution in [0.5, 0.6) is 0 Å². The Labute approximate surface area is 194 Å². The summed E-state index contributed by atoms with van der Waals surface area (Å²) in [6.07, 6.45) is 5.71. The molecule has 2 aliphatic rings. The van der Waals surface area contributed by atoms with Crippen LogP contribution in [0.4, 0.5) is 0 Å². The molecule has 6 rings (SSSR count). The van der Waals surface area contributed by atoms with Crippen LogP contribution in [0, 0.1) is 17.2 Å². The van der Waals surface area contributed by atoms with Crippen molar-refractivity contribution in [3.63, 3.8) is 0 Å². The zero-order valence-corrected chi connectivity index (χ0v) is 19.0. The molecule has 2 atom stereocenters. The Morgan fingerprint density at radius 2 is 1.82 bits per heavy atom. The first kappa shape index (κ1) is 20.0. The van der Waals surface area contributed by atoms with Crippen molar-refractivity contribution in [3.05, 3.63) is 94.9 Å². The summed E-state index contributed by atoms with van der Waals surface area (Å²) in [5, 5.41) is 11.7. The number of fused-ring (bicyclic) bond motifs is 2. The van der Waals surface area contributed by atoms with Crippen molar-refractivity contribution in [2.75, 3.05) is 6.54 Å².